The van der Waals surface area contributed by atoms with E-state index in [1.807, 2.05) is 63.7 Å². The van der Waals surface area contributed by atoms with E-state index in [0.717, 1.165) is 43.4 Å². The fourth-order valence-corrected chi connectivity index (χ4v) is 7.62. The van der Waals surface area contributed by atoms with Crippen molar-refractivity contribution in [3.63, 3.8) is 0 Å². The first-order valence-electron chi connectivity index (χ1n) is 15.8. The summed E-state index contributed by atoms with van der Waals surface area (Å²) in [7, 11) is -2.41. The molecule has 4 nitrogen and oxygen atoms in total. The minimum atomic E-state index is -2.41. The monoisotopic (exact) mass is 722 g/mol. The maximum Gasteiger partial charge on any atom is 0.188 e. The van der Waals surface area contributed by atoms with Crippen LogP contribution in [0.1, 0.15) is 13.8 Å². The number of aromatic nitrogens is 4. The van der Waals surface area contributed by atoms with Crippen LogP contribution in [0.4, 0.5) is 0 Å². The Labute approximate surface area is 258 Å². The van der Waals surface area contributed by atoms with Gasteiger partial charge < -0.3 is 4.57 Å². The number of para-hydroxylation sites is 3. The predicted octanol–water partition coefficient (Wildman–Crippen LogP) is 6.47. The first kappa shape index (κ1) is 20.1. The summed E-state index contributed by atoms with van der Waals surface area (Å²) in [5.74, 6) is 0.526. The van der Waals surface area contributed by atoms with Gasteiger partial charge >= 0.3 is 0 Å². The number of nitrogens with zero attached hydrogens (tertiary/aromatic N) is 4. The van der Waals surface area contributed by atoms with Gasteiger partial charge in [0.2, 0.25) is 0 Å². The van der Waals surface area contributed by atoms with E-state index in [2.05, 4.69) is 54.5 Å². The Morgan fingerprint density at radius 2 is 1.57 bits per heavy atom. The van der Waals surface area contributed by atoms with Gasteiger partial charge in [0.1, 0.15) is 5.82 Å². The molecule has 0 spiro atoms. The summed E-state index contributed by atoms with van der Waals surface area (Å²) < 4.78 is 53.2. The van der Waals surface area contributed by atoms with Gasteiger partial charge in [0.25, 0.3) is 0 Å². The van der Waals surface area contributed by atoms with Crippen LogP contribution in [-0.4, -0.2) is 26.8 Å². The molecule has 0 saturated carbocycles. The van der Waals surface area contributed by atoms with Crippen LogP contribution < -0.4 is 10.4 Å². The van der Waals surface area contributed by atoms with E-state index in [0.29, 0.717) is 11.3 Å². The average Bonchev–Trinajstić information content (AvgIpc) is 3.57. The van der Waals surface area contributed by atoms with Crippen LogP contribution in [0, 0.1) is 19.0 Å². The molecule has 0 atom stereocenters. The van der Waals surface area contributed by atoms with Crippen LogP contribution in [0.15, 0.2) is 104 Å². The van der Waals surface area contributed by atoms with E-state index in [9.17, 15) is 0 Å². The molecule has 0 fully saturated rings. The Hall–Kier alpha value is -3.79. The molecule has 4 aromatic carbocycles. The molecule has 40 heavy (non-hydrogen) atoms. The van der Waals surface area contributed by atoms with Gasteiger partial charge in [0.15, 0.2) is 17.4 Å². The number of pyridine rings is 1. The predicted molar refractivity (Wildman–Crippen MR) is 164 cm³/mol. The van der Waals surface area contributed by atoms with Crippen molar-refractivity contribution in [1.29, 1.82) is 0 Å². The molecule has 3 heterocycles. The van der Waals surface area contributed by atoms with Gasteiger partial charge in [-0.05, 0) is 48.1 Å². The molecule has 0 aliphatic carbocycles. The van der Waals surface area contributed by atoms with E-state index in [-0.39, 0.29) is 26.6 Å². The number of benzene rings is 4. The Morgan fingerprint density at radius 3 is 2.40 bits per heavy atom. The smallest absolute Gasteiger partial charge is 0.188 e. The third kappa shape index (κ3) is 4.16. The van der Waals surface area contributed by atoms with Crippen LogP contribution in [0.5, 0.6) is 0 Å². The number of fused-ring (bicyclic) bond motifs is 4. The summed E-state index contributed by atoms with van der Waals surface area (Å²) in [5, 5.41) is 4.13. The van der Waals surface area contributed by atoms with Gasteiger partial charge in [-0.3, -0.25) is 0 Å². The third-order valence-corrected chi connectivity index (χ3v) is 10.9. The van der Waals surface area contributed by atoms with E-state index >= 15 is 0 Å². The van der Waals surface area contributed by atoms with Crippen LogP contribution in [0.25, 0.3) is 44.3 Å². The second kappa shape index (κ2) is 9.99. The average molecular weight is 723 g/mol. The molecule has 0 radical (unpaired) electrons. The minimum Gasteiger partial charge on any atom is -0.319 e. The molecular formula is C34H29N4PtSi-. The second-order valence-corrected chi connectivity index (χ2v) is 14.6. The third-order valence-electron chi connectivity index (χ3n) is 7.58. The Morgan fingerprint density at radius 1 is 0.800 bits per heavy atom. The standard InChI is InChI=1S/C34H29N4Si.Pt/c1-24-18-19-35-34(20-24)38-30-13-6-5-12-28(30)29-17-16-27(22-33(29)38)39(3,4)26-11-9-10-25(21-26)37-23-36(2)31-14-7-8-15-32(31)37;/h5-20,23H,1-4H3;/q-1;/i1D3,2D3;. The molecule has 7 rings (SSSR count). The molecule has 6 heteroatoms. The summed E-state index contributed by atoms with van der Waals surface area (Å²) in [4.78, 5) is 4.59. The molecule has 7 aromatic rings. The first-order chi connectivity index (χ1) is 21.3. The van der Waals surface area contributed by atoms with E-state index in [1.165, 1.54) is 10.6 Å². The Balaban J connectivity index is 0.00000372. The molecule has 0 unspecified atom stereocenters. The SMILES string of the molecule is [2H]C([2H])([2H])c1ccnc(-n2c3[c-]c([Si](C)(C)c4[c-]c(-n5[cH+]n(C([2H])([2H])[2H])c6ccccc65)ccc4)ccc3c3ccccc32)c1.[Pt]. The number of imidazole rings is 1. The van der Waals surface area contributed by atoms with Crippen molar-refractivity contribution >= 4 is 51.3 Å². The molecule has 0 aliphatic rings. The zero-order valence-electron chi connectivity index (χ0n) is 27.9. The molecular weight excluding hydrogens is 688 g/mol. The molecule has 0 aliphatic heterocycles. The van der Waals surface area contributed by atoms with Gasteiger partial charge in [-0.25, -0.2) is 14.1 Å². The van der Waals surface area contributed by atoms with E-state index < -0.39 is 21.9 Å². The molecule has 0 N–H and O–H groups in total. The van der Waals surface area contributed by atoms with Gasteiger partial charge in [0, 0.05) is 65.8 Å². The summed E-state index contributed by atoms with van der Waals surface area (Å²) in [5.41, 5.74) is 4.14. The van der Waals surface area contributed by atoms with Crippen molar-refractivity contribution in [2.24, 2.45) is 6.98 Å². The largest absolute Gasteiger partial charge is 0.319 e. The molecule has 0 bridgehead atoms. The normalized spacial score (nSPS) is 14.7. The van der Waals surface area contributed by atoms with Crippen molar-refractivity contribution in [1.82, 2.24) is 18.7 Å². The fourth-order valence-electron chi connectivity index (χ4n) is 5.45. The second-order valence-electron chi connectivity index (χ2n) is 10.3. The van der Waals surface area contributed by atoms with Crippen LogP contribution >= 0.6 is 0 Å². The van der Waals surface area contributed by atoms with Crippen molar-refractivity contribution in [2.75, 3.05) is 0 Å². The summed E-state index contributed by atoms with van der Waals surface area (Å²) >= 11 is 0. The molecule has 0 saturated heterocycles. The van der Waals surface area contributed by atoms with Crippen LogP contribution in [0.3, 0.4) is 0 Å². The number of hydrogen-bond acceptors (Lipinski definition) is 1. The zero-order valence-corrected chi connectivity index (χ0v) is 25.2. The van der Waals surface area contributed by atoms with Gasteiger partial charge in [0.05, 0.1) is 8.07 Å². The number of hydrogen-bond donors (Lipinski definition) is 0. The van der Waals surface area contributed by atoms with Gasteiger partial charge in [-0.2, -0.15) is 40.7 Å². The minimum absolute atomic E-state index is 0. The van der Waals surface area contributed by atoms with Gasteiger partial charge in [-0.1, -0.05) is 36.8 Å². The summed E-state index contributed by atoms with van der Waals surface area (Å²) in [6, 6.07) is 36.3. The van der Waals surface area contributed by atoms with Crippen LogP contribution in [-0.2, 0) is 28.0 Å². The summed E-state index contributed by atoms with van der Waals surface area (Å²) in [6.45, 7) is -0.0830. The fraction of sp³-hybridized carbons (Fsp3) is 0.118. The Bertz CT molecular complexity index is 2250. The van der Waals surface area contributed by atoms with Crippen molar-refractivity contribution < 1.29 is 29.3 Å². The maximum atomic E-state index is 8.05. The number of rotatable bonds is 4. The Kier molecular flexibility index (Phi) is 5.03. The van der Waals surface area contributed by atoms with Crippen molar-refractivity contribution in [3.05, 3.63) is 121 Å². The van der Waals surface area contributed by atoms with E-state index in [1.54, 1.807) is 18.6 Å². The maximum absolute atomic E-state index is 8.05. The topological polar surface area (TPSA) is 27.7 Å². The number of aryl methyl sites for hydroxylation is 2. The quantitative estimate of drug-likeness (QED) is 0.151. The summed E-state index contributed by atoms with van der Waals surface area (Å²) in [6.07, 6.45) is 3.17. The molecule has 0 amide bonds. The van der Waals surface area contributed by atoms with E-state index in [4.69, 9.17) is 8.22 Å². The molecule has 3 aromatic heterocycles. The van der Waals surface area contributed by atoms with Crippen molar-refractivity contribution in [2.45, 2.75) is 19.9 Å². The first-order valence-corrected chi connectivity index (χ1v) is 15.8. The zero-order chi connectivity index (χ0) is 31.7. The molecule has 200 valence electrons. The van der Waals surface area contributed by atoms with Gasteiger partial charge in [-0.15, -0.1) is 17.5 Å². The van der Waals surface area contributed by atoms with Crippen molar-refractivity contribution in [3.8, 4) is 11.5 Å². The van der Waals surface area contributed by atoms with Crippen LogP contribution in [0.2, 0.25) is 13.1 Å².